The second-order valence-corrected chi connectivity index (χ2v) is 10.2. The SMILES string of the molecule is COc1ccc(-c2[nH]c3ccc(C4CCN(C5CCCN(C)CC5)CC4)cc3c2C)cc1OC. The van der Waals surface area contributed by atoms with Crippen LogP contribution in [0, 0.1) is 6.92 Å². The lowest BCUT2D eigenvalue weighted by atomic mass is 9.87. The number of nitrogens with one attached hydrogen (secondary N) is 1. The zero-order valence-corrected chi connectivity index (χ0v) is 21.2. The van der Waals surface area contributed by atoms with E-state index in [1.807, 2.05) is 6.07 Å². The van der Waals surface area contributed by atoms with E-state index in [-0.39, 0.29) is 0 Å². The minimum Gasteiger partial charge on any atom is -0.493 e. The van der Waals surface area contributed by atoms with Crippen molar-refractivity contribution in [2.45, 2.75) is 51.0 Å². The number of piperidine rings is 1. The van der Waals surface area contributed by atoms with Crippen molar-refractivity contribution in [3.8, 4) is 22.8 Å². The summed E-state index contributed by atoms with van der Waals surface area (Å²) in [4.78, 5) is 8.93. The number of fused-ring (bicyclic) bond motifs is 1. The van der Waals surface area contributed by atoms with E-state index in [2.05, 4.69) is 59.1 Å². The van der Waals surface area contributed by atoms with Crippen LogP contribution in [-0.2, 0) is 0 Å². The number of nitrogens with zero attached hydrogens (tertiary/aromatic N) is 2. The minimum absolute atomic E-state index is 0.660. The summed E-state index contributed by atoms with van der Waals surface area (Å²) < 4.78 is 10.9. The van der Waals surface area contributed by atoms with Gasteiger partial charge in [-0.2, -0.15) is 0 Å². The molecule has 34 heavy (non-hydrogen) atoms. The second-order valence-electron chi connectivity index (χ2n) is 10.2. The van der Waals surface area contributed by atoms with Gasteiger partial charge in [0.25, 0.3) is 0 Å². The van der Waals surface area contributed by atoms with Crippen molar-refractivity contribution in [2.24, 2.45) is 0 Å². The van der Waals surface area contributed by atoms with E-state index in [1.165, 1.54) is 80.3 Å². The molecule has 1 aromatic heterocycles. The van der Waals surface area contributed by atoms with Gasteiger partial charge < -0.3 is 24.3 Å². The molecule has 2 aliphatic rings. The lowest BCUT2D eigenvalue weighted by molar-refractivity contribution is 0.139. The average molecular weight is 462 g/mol. The average Bonchev–Trinajstić information content (AvgIpc) is 3.05. The van der Waals surface area contributed by atoms with Crippen molar-refractivity contribution in [3.05, 3.63) is 47.5 Å². The highest BCUT2D eigenvalue weighted by Crippen LogP contribution is 2.38. The molecule has 2 aromatic carbocycles. The number of H-pyrrole nitrogens is 1. The Morgan fingerprint density at radius 2 is 1.65 bits per heavy atom. The molecule has 2 fully saturated rings. The Hall–Kier alpha value is -2.50. The normalized spacial score (nSPS) is 21.0. The van der Waals surface area contributed by atoms with Gasteiger partial charge in [0.05, 0.1) is 14.2 Å². The summed E-state index contributed by atoms with van der Waals surface area (Å²) in [5, 5.41) is 1.33. The highest BCUT2D eigenvalue weighted by molar-refractivity contribution is 5.91. The molecule has 1 atom stereocenters. The molecule has 3 heterocycles. The first-order valence-electron chi connectivity index (χ1n) is 12.8. The van der Waals surface area contributed by atoms with E-state index in [0.717, 1.165) is 28.8 Å². The van der Waals surface area contributed by atoms with Crippen LogP contribution in [0.4, 0.5) is 0 Å². The fraction of sp³-hybridized carbons (Fsp3) is 0.517. The van der Waals surface area contributed by atoms with Crippen molar-refractivity contribution in [2.75, 3.05) is 47.4 Å². The van der Waals surface area contributed by atoms with Gasteiger partial charge in [-0.1, -0.05) is 6.07 Å². The first kappa shape index (κ1) is 23.3. The van der Waals surface area contributed by atoms with Crippen molar-refractivity contribution in [3.63, 3.8) is 0 Å². The Bertz CT molecular complexity index is 1130. The van der Waals surface area contributed by atoms with Gasteiger partial charge in [-0.05, 0) is 120 Å². The number of aromatic amines is 1. The van der Waals surface area contributed by atoms with Crippen molar-refractivity contribution >= 4 is 10.9 Å². The lowest BCUT2D eigenvalue weighted by Gasteiger charge is -2.37. The molecule has 2 aliphatic heterocycles. The Balaban J connectivity index is 1.33. The molecule has 2 saturated heterocycles. The summed E-state index contributed by atoms with van der Waals surface area (Å²) >= 11 is 0. The van der Waals surface area contributed by atoms with Crippen molar-refractivity contribution in [1.82, 2.24) is 14.8 Å². The van der Waals surface area contributed by atoms with Crippen LogP contribution >= 0.6 is 0 Å². The zero-order chi connectivity index (χ0) is 23.7. The molecule has 0 aliphatic carbocycles. The quantitative estimate of drug-likeness (QED) is 0.519. The van der Waals surface area contributed by atoms with Gasteiger partial charge in [0, 0.05) is 28.2 Å². The number of hydrogen-bond acceptors (Lipinski definition) is 4. The van der Waals surface area contributed by atoms with Crippen LogP contribution in [0.5, 0.6) is 11.5 Å². The molecule has 5 nitrogen and oxygen atoms in total. The van der Waals surface area contributed by atoms with Crippen molar-refractivity contribution in [1.29, 1.82) is 0 Å². The Labute approximate surface area is 204 Å². The van der Waals surface area contributed by atoms with E-state index in [0.29, 0.717) is 5.92 Å². The van der Waals surface area contributed by atoms with E-state index in [4.69, 9.17) is 9.47 Å². The topological polar surface area (TPSA) is 40.7 Å². The van der Waals surface area contributed by atoms with Gasteiger partial charge in [0.2, 0.25) is 0 Å². The van der Waals surface area contributed by atoms with Crippen LogP contribution in [0.3, 0.4) is 0 Å². The van der Waals surface area contributed by atoms with Crippen LogP contribution in [0.1, 0.15) is 49.1 Å². The highest BCUT2D eigenvalue weighted by Gasteiger charge is 2.27. The fourth-order valence-electron chi connectivity index (χ4n) is 6.06. The van der Waals surface area contributed by atoms with Gasteiger partial charge in [-0.3, -0.25) is 0 Å². The number of likely N-dealkylation sites (tertiary alicyclic amines) is 2. The number of aromatic nitrogens is 1. The molecule has 1 unspecified atom stereocenters. The second kappa shape index (κ2) is 10.0. The monoisotopic (exact) mass is 461 g/mol. The Kier molecular flexibility index (Phi) is 6.84. The summed E-state index contributed by atoms with van der Waals surface area (Å²) in [6.45, 7) is 7.20. The molecule has 3 aromatic rings. The zero-order valence-electron chi connectivity index (χ0n) is 21.2. The third-order valence-corrected chi connectivity index (χ3v) is 8.19. The van der Waals surface area contributed by atoms with E-state index >= 15 is 0 Å². The van der Waals surface area contributed by atoms with Crippen molar-refractivity contribution < 1.29 is 9.47 Å². The van der Waals surface area contributed by atoms with Gasteiger partial charge in [-0.25, -0.2) is 0 Å². The third kappa shape index (κ3) is 4.56. The summed E-state index contributed by atoms with van der Waals surface area (Å²) in [6.07, 6.45) is 6.57. The maximum atomic E-state index is 5.53. The number of benzene rings is 2. The van der Waals surface area contributed by atoms with Gasteiger partial charge in [-0.15, -0.1) is 0 Å². The molecule has 0 bridgehead atoms. The van der Waals surface area contributed by atoms with Gasteiger partial charge in [0.1, 0.15) is 0 Å². The Morgan fingerprint density at radius 3 is 2.41 bits per heavy atom. The molecule has 5 heteroatoms. The maximum Gasteiger partial charge on any atom is 0.161 e. The predicted molar refractivity (Wildman–Crippen MR) is 140 cm³/mol. The number of aryl methyl sites for hydroxylation is 1. The van der Waals surface area contributed by atoms with E-state index in [1.54, 1.807) is 14.2 Å². The number of ether oxygens (including phenoxy) is 2. The first-order chi connectivity index (χ1) is 16.6. The van der Waals surface area contributed by atoms with Gasteiger partial charge in [0.15, 0.2) is 11.5 Å². The highest BCUT2D eigenvalue weighted by atomic mass is 16.5. The number of hydrogen-bond donors (Lipinski definition) is 1. The minimum atomic E-state index is 0.660. The summed E-state index contributed by atoms with van der Waals surface area (Å²) in [6, 6.07) is 14.0. The van der Waals surface area contributed by atoms with E-state index in [9.17, 15) is 0 Å². The summed E-state index contributed by atoms with van der Waals surface area (Å²) in [5.41, 5.74) is 6.26. The smallest absolute Gasteiger partial charge is 0.161 e. The predicted octanol–water partition coefficient (Wildman–Crippen LogP) is 5.82. The molecule has 5 rings (SSSR count). The first-order valence-corrected chi connectivity index (χ1v) is 12.8. The number of methoxy groups -OCH3 is 2. The lowest BCUT2D eigenvalue weighted by Crippen LogP contribution is -2.41. The molecule has 1 N–H and O–H groups in total. The summed E-state index contributed by atoms with van der Waals surface area (Å²) in [7, 11) is 5.63. The van der Waals surface area contributed by atoms with Gasteiger partial charge >= 0.3 is 0 Å². The van der Waals surface area contributed by atoms with Crippen LogP contribution in [0.2, 0.25) is 0 Å². The molecule has 0 radical (unpaired) electrons. The fourth-order valence-corrected chi connectivity index (χ4v) is 6.06. The molecular formula is C29H39N3O2. The van der Waals surface area contributed by atoms with Crippen LogP contribution in [-0.4, -0.2) is 68.3 Å². The molecule has 182 valence electrons. The standard InChI is InChI=1S/C29H39N3O2/c1-20-25-18-22(21-11-16-32(17-12-21)24-6-5-14-31(2)15-13-24)7-9-26(25)30-29(20)23-8-10-27(33-3)28(19-23)34-4/h7-10,18-19,21,24,30H,5-6,11-17H2,1-4H3. The molecule has 0 amide bonds. The third-order valence-electron chi connectivity index (χ3n) is 8.19. The number of rotatable bonds is 5. The largest absolute Gasteiger partial charge is 0.493 e. The summed E-state index contributed by atoms with van der Waals surface area (Å²) in [5.74, 6) is 2.17. The van der Waals surface area contributed by atoms with Crippen LogP contribution in [0.15, 0.2) is 36.4 Å². The Morgan fingerprint density at radius 1 is 0.853 bits per heavy atom. The molecule has 0 saturated carbocycles. The molecular weight excluding hydrogens is 422 g/mol. The van der Waals surface area contributed by atoms with E-state index < -0.39 is 0 Å². The van der Waals surface area contributed by atoms with Crippen LogP contribution < -0.4 is 9.47 Å². The maximum absolute atomic E-state index is 5.53. The molecule has 0 spiro atoms. The van der Waals surface area contributed by atoms with Crippen LogP contribution in [0.25, 0.3) is 22.2 Å².